The van der Waals surface area contributed by atoms with Crippen molar-refractivity contribution in [3.63, 3.8) is 0 Å². The molecule has 6 rings (SSSR count). The van der Waals surface area contributed by atoms with E-state index in [4.69, 9.17) is 4.74 Å². The van der Waals surface area contributed by atoms with Crippen LogP contribution in [0.2, 0.25) is 0 Å². The Labute approximate surface area is 230 Å². The molecule has 1 aromatic heterocycles. The lowest BCUT2D eigenvalue weighted by molar-refractivity contribution is -0.144. The third-order valence-corrected chi connectivity index (χ3v) is 8.28. The largest absolute Gasteiger partial charge is 0.504 e. The van der Waals surface area contributed by atoms with E-state index in [1.165, 1.54) is 13.2 Å². The number of nitrogens with one attached hydrogen (secondary N) is 1. The number of carbonyl (C=O) groups is 3. The Hall–Kier alpha value is -4.44. The number of amides is 4. The number of urea groups is 1. The molecule has 2 aromatic carbocycles. The number of nitrogens with zero attached hydrogens (tertiary/aromatic N) is 3. The van der Waals surface area contributed by atoms with E-state index in [2.05, 4.69) is 10.2 Å². The first kappa shape index (κ1) is 25.8. The number of carbonyl (C=O) groups excluding carboxylic acids is 3. The second-order valence-corrected chi connectivity index (χ2v) is 10.9. The molecule has 3 aromatic rings. The van der Waals surface area contributed by atoms with Gasteiger partial charge in [0.2, 0.25) is 5.91 Å². The Morgan fingerprint density at radius 3 is 2.55 bits per heavy atom. The van der Waals surface area contributed by atoms with Crippen LogP contribution in [0.3, 0.4) is 0 Å². The number of hydrogen-bond acceptors (Lipinski definition) is 7. The van der Waals surface area contributed by atoms with Crippen LogP contribution >= 0.6 is 0 Å². The molecule has 2 bridgehead atoms. The van der Waals surface area contributed by atoms with E-state index in [9.17, 15) is 24.3 Å². The van der Waals surface area contributed by atoms with Crippen molar-refractivity contribution in [1.82, 2.24) is 14.8 Å². The van der Waals surface area contributed by atoms with Gasteiger partial charge in [-0.1, -0.05) is 30.3 Å². The van der Waals surface area contributed by atoms with Gasteiger partial charge in [0, 0.05) is 43.9 Å². The molecule has 0 radical (unpaired) electrons. The summed E-state index contributed by atoms with van der Waals surface area (Å²) in [6.07, 6.45) is 0.920. The Balaban J connectivity index is 1.39. The summed E-state index contributed by atoms with van der Waals surface area (Å²) >= 11 is 0. The van der Waals surface area contributed by atoms with Crippen LogP contribution in [0.1, 0.15) is 23.6 Å². The molecule has 2 saturated heterocycles. The van der Waals surface area contributed by atoms with Crippen molar-refractivity contribution in [3.8, 4) is 11.5 Å². The average Bonchev–Trinajstić information content (AvgIpc) is 2.94. The molecule has 2 N–H and O–H groups in total. The number of fused-ring (bicyclic) bond motifs is 4. The molecule has 0 spiro atoms. The van der Waals surface area contributed by atoms with Gasteiger partial charge in [-0.3, -0.25) is 19.7 Å². The number of phenols is 1. The van der Waals surface area contributed by atoms with Crippen LogP contribution in [0.25, 0.3) is 0 Å². The number of likely N-dealkylation sites (tertiary alicyclic amines) is 1. The first-order valence-electron chi connectivity index (χ1n) is 13.3. The van der Waals surface area contributed by atoms with Crippen molar-refractivity contribution < 1.29 is 24.2 Å². The predicted molar refractivity (Wildman–Crippen MR) is 146 cm³/mol. The number of barbiturate groups is 1. The maximum Gasteiger partial charge on any atom is 0.335 e. The number of piperidine rings is 1. The van der Waals surface area contributed by atoms with Crippen LogP contribution in [0.15, 0.2) is 71.5 Å². The monoisotopic (exact) mass is 542 g/mol. The molecule has 10 nitrogen and oxygen atoms in total. The number of ether oxygens (including phenoxy) is 1. The molecule has 3 aliphatic rings. The van der Waals surface area contributed by atoms with Crippen LogP contribution in [-0.4, -0.2) is 59.2 Å². The van der Waals surface area contributed by atoms with E-state index < -0.39 is 23.3 Å². The Morgan fingerprint density at radius 1 is 0.975 bits per heavy atom. The van der Waals surface area contributed by atoms with Gasteiger partial charge in [-0.25, -0.2) is 9.69 Å². The van der Waals surface area contributed by atoms with Gasteiger partial charge in [0.05, 0.1) is 12.8 Å². The number of anilines is 1. The standard InChI is InChI=1S/C30H30N4O6/c1-40-25-13-19(10-11-24(25)35)14-30(27(37)31-29(39)34(28(30)38)22-6-3-2-4-7-22)18-32-15-20-12-21(17-32)23-8-5-9-26(36)33(23)16-20/h2-11,13,20-21,35H,12,14-18H2,1H3,(H,31,37,39)/t20-,21+,30-/m1/s1. The highest BCUT2D eigenvalue weighted by molar-refractivity contribution is 6.30. The number of hydrogen-bond donors (Lipinski definition) is 2. The fourth-order valence-electron chi connectivity index (χ4n) is 6.53. The highest BCUT2D eigenvalue weighted by Crippen LogP contribution is 2.40. The summed E-state index contributed by atoms with van der Waals surface area (Å²) in [6.45, 7) is 1.85. The Bertz CT molecular complexity index is 1550. The van der Waals surface area contributed by atoms with Crippen LogP contribution in [0.5, 0.6) is 11.5 Å². The fraction of sp³-hybridized carbons (Fsp3) is 0.333. The zero-order chi connectivity index (χ0) is 28.0. The first-order valence-corrected chi connectivity index (χ1v) is 13.3. The number of pyridine rings is 1. The molecule has 4 heterocycles. The number of aromatic hydroxyl groups is 1. The number of imide groups is 2. The number of para-hydroxylation sites is 1. The van der Waals surface area contributed by atoms with E-state index in [-0.39, 0.29) is 41.9 Å². The van der Waals surface area contributed by atoms with Gasteiger partial charge in [-0.05, 0) is 54.7 Å². The molecule has 10 heteroatoms. The molecule has 3 aliphatic heterocycles. The van der Waals surface area contributed by atoms with Gasteiger partial charge in [-0.15, -0.1) is 0 Å². The summed E-state index contributed by atoms with van der Waals surface area (Å²) < 4.78 is 7.11. The maximum absolute atomic E-state index is 14.3. The van der Waals surface area contributed by atoms with Crippen LogP contribution < -0.4 is 20.5 Å². The van der Waals surface area contributed by atoms with Gasteiger partial charge < -0.3 is 19.3 Å². The van der Waals surface area contributed by atoms with E-state index in [1.54, 1.807) is 54.6 Å². The van der Waals surface area contributed by atoms with Crippen molar-refractivity contribution >= 4 is 23.5 Å². The Morgan fingerprint density at radius 2 is 1.77 bits per heavy atom. The second kappa shape index (κ2) is 9.95. The van der Waals surface area contributed by atoms with Gasteiger partial charge in [0.1, 0.15) is 5.41 Å². The number of aromatic nitrogens is 1. The molecule has 3 atom stereocenters. The van der Waals surface area contributed by atoms with Gasteiger partial charge >= 0.3 is 6.03 Å². The third kappa shape index (κ3) is 4.34. The maximum atomic E-state index is 14.3. The molecular formula is C30H30N4O6. The fourth-order valence-corrected chi connectivity index (χ4v) is 6.53. The molecule has 4 amide bonds. The van der Waals surface area contributed by atoms with Gasteiger partial charge in [0.15, 0.2) is 11.5 Å². The molecule has 0 unspecified atom stereocenters. The molecule has 40 heavy (non-hydrogen) atoms. The van der Waals surface area contributed by atoms with Crippen LogP contribution in [0.4, 0.5) is 10.5 Å². The highest BCUT2D eigenvalue weighted by atomic mass is 16.5. The van der Waals surface area contributed by atoms with Crippen molar-refractivity contribution in [3.05, 3.63) is 88.3 Å². The summed E-state index contributed by atoms with van der Waals surface area (Å²) in [5.74, 6) is -0.826. The Kier molecular flexibility index (Phi) is 6.42. The zero-order valence-corrected chi connectivity index (χ0v) is 22.1. The minimum atomic E-state index is -1.63. The van der Waals surface area contributed by atoms with E-state index in [0.717, 1.165) is 17.0 Å². The van der Waals surface area contributed by atoms with E-state index in [0.29, 0.717) is 30.9 Å². The summed E-state index contributed by atoms with van der Waals surface area (Å²) in [4.78, 5) is 56.8. The first-order chi connectivity index (χ1) is 19.3. The lowest BCUT2D eigenvalue weighted by Gasteiger charge is -2.47. The second-order valence-electron chi connectivity index (χ2n) is 10.9. The quantitative estimate of drug-likeness (QED) is 0.459. The average molecular weight is 543 g/mol. The lowest BCUT2D eigenvalue weighted by atomic mass is 9.75. The normalized spacial score (nSPS) is 24.4. The summed E-state index contributed by atoms with van der Waals surface area (Å²) in [5.41, 5.74) is 0.292. The summed E-state index contributed by atoms with van der Waals surface area (Å²) in [7, 11) is 1.43. The molecular weight excluding hydrogens is 512 g/mol. The van der Waals surface area contributed by atoms with Crippen molar-refractivity contribution in [1.29, 1.82) is 0 Å². The van der Waals surface area contributed by atoms with Gasteiger partial charge in [-0.2, -0.15) is 0 Å². The number of rotatable bonds is 6. The van der Waals surface area contributed by atoms with Gasteiger partial charge in [0.25, 0.3) is 11.5 Å². The predicted octanol–water partition coefficient (Wildman–Crippen LogP) is 2.49. The molecule has 0 saturated carbocycles. The van der Waals surface area contributed by atoms with Crippen molar-refractivity contribution in [2.45, 2.75) is 25.3 Å². The summed E-state index contributed by atoms with van der Waals surface area (Å²) in [5, 5.41) is 12.6. The van der Waals surface area contributed by atoms with E-state index in [1.807, 2.05) is 10.6 Å². The molecule has 206 valence electrons. The SMILES string of the molecule is COc1cc(C[C@@]2(CN3C[C@H]4C[C@@H](C3)c3cccc(=O)n3C4)C(=O)NC(=O)N(c3ccccc3)C2=O)ccc1O. The zero-order valence-electron chi connectivity index (χ0n) is 22.1. The van der Waals surface area contributed by atoms with Crippen LogP contribution in [0, 0.1) is 11.3 Å². The smallest absolute Gasteiger partial charge is 0.335 e. The summed E-state index contributed by atoms with van der Waals surface area (Å²) in [6, 6.07) is 17.8. The number of benzene rings is 2. The molecule has 0 aliphatic carbocycles. The van der Waals surface area contributed by atoms with E-state index >= 15 is 0 Å². The highest BCUT2D eigenvalue weighted by Gasteiger charge is 2.55. The minimum Gasteiger partial charge on any atom is -0.504 e. The molecule has 2 fully saturated rings. The topological polar surface area (TPSA) is 121 Å². The van der Waals surface area contributed by atoms with Crippen molar-refractivity contribution in [2.24, 2.45) is 11.3 Å². The number of methoxy groups -OCH3 is 1. The lowest BCUT2D eigenvalue weighted by Crippen LogP contribution is -2.68. The van der Waals surface area contributed by atoms with Crippen molar-refractivity contribution in [2.75, 3.05) is 31.6 Å². The third-order valence-electron chi connectivity index (χ3n) is 8.28. The minimum absolute atomic E-state index is 0.00714. The van der Waals surface area contributed by atoms with Crippen LogP contribution in [-0.2, 0) is 22.6 Å². The number of phenolic OH excluding ortho intramolecular Hbond substituents is 1.